The molecule has 196 valence electrons. The molecule has 2 aromatic heterocycles. The smallest absolute Gasteiger partial charge is 0.264 e. The standard InChI is InChI=1S/C30H28N6O3/c31-18-21(17-20-5-4-6-20)30(37)36-16-14-22(19-36)33-29-27-26(13-15-32-28(27)34-35-29)39-25-11-9-24(10-12-25)38-23-7-2-1-3-8-23/h1-3,7-13,15,17,20,22H,4-6,14,16,19H2,(H2,32,33,34,35)/b21-17-/t22-/m1/s1. The number of pyridine rings is 1. The second-order valence-corrected chi connectivity index (χ2v) is 9.86. The quantitative estimate of drug-likeness (QED) is 0.223. The lowest BCUT2D eigenvalue weighted by atomic mass is 9.84. The largest absolute Gasteiger partial charge is 0.457 e. The number of rotatable bonds is 8. The van der Waals surface area contributed by atoms with Gasteiger partial charge in [0.05, 0.1) is 0 Å². The number of carbonyl (C=O) groups excluding carboxylic acids is 1. The summed E-state index contributed by atoms with van der Waals surface area (Å²) in [6.45, 7) is 1.08. The van der Waals surface area contributed by atoms with Crippen molar-refractivity contribution in [2.75, 3.05) is 18.4 Å². The second-order valence-electron chi connectivity index (χ2n) is 9.86. The molecular weight excluding hydrogens is 492 g/mol. The summed E-state index contributed by atoms with van der Waals surface area (Å²) in [4.78, 5) is 19.1. The number of hydrogen-bond donors (Lipinski definition) is 2. The fourth-order valence-electron chi connectivity index (χ4n) is 4.86. The molecule has 4 aromatic rings. The fraction of sp³-hybridized carbons (Fsp3) is 0.267. The van der Waals surface area contributed by atoms with Gasteiger partial charge in [-0.1, -0.05) is 30.7 Å². The van der Waals surface area contributed by atoms with Gasteiger partial charge in [-0.2, -0.15) is 10.4 Å². The summed E-state index contributed by atoms with van der Waals surface area (Å²) in [5.74, 6) is 3.51. The number of carbonyl (C=O) groups is 1. The molecule has 0 spiro atoms. The number of para-hydroxylation sites is 1. The van der Waals surface area contributed by atoms with Crippen LogP contribution in [-0.2, 0) is 4.79 Å². The van der Waals surface area contributed by atoms with Gasteiger partial charge in [-0.05, 0) is 61.6 Å². The third-order valence-corrected chi connectivity index (χ3v) is 7.17. The number of amides is 1. The number of benzene rings is 2. The fourth-order valence-corrected chi connectivity index (χ4v) is 4.86. The highest BCUT2D eigenvalue weighted by Gasteiger charge is 2.30. The average Bonchev–Trinajstić information content (AvgIpc) is 3.58. The summed E-state index contributed by atoms with van der Waals surface area (Å²) in [6.07, 6.45) is 7.54. The number of fused-ring (bicyclic) bond motifs is 1. The van der Waals surface area contributed by atoms with Gasteiger partial charge in [-0.15, -0.1) is 0 Å². The maximum absolute atomic E-state index is 12.9. The molecule has 2 aromatic carbocycles. The van der Waals surface area contributed by atoms with Crippen LogP contribution in [0.3, 0.4) is 0 Å². The minimum Gasteiger partial charge on any atom is -0.457 e. The van der Waals surface area contributed by atoms with Crippen LogP contribution < -0.4 is 14.8 Å². The van der Waals surface area contributed by atoms with Crippen molar-refractivity contribution in [3.63, 3.8) is 0 Å². The number of nitrogens with one attached hydrogen (secondary N) is 2. The van der Waals surface area contributed by atoms with Gasteiger partial charge < -0.3 is 19.7 Å². The summed E-state index contributed by atoms with van der Waals surface area (Å²) in [5.41, 5.74) is 0.853. The van der Waals surface area contributed by atoms with Crippen molar-refractivity contribution >= 4 is 22.8 Å². The lowest BCUT2D eigenvalue weighted by molar-refractivity contribution is -0.125. The summed E-state index contributed by atoms with van der Waals surface area (Å²) in [7, 11) is 0. The first-order valence-electron chi connectivity index (χ1n) is 13.2. The van der Waals surface area contributed by atoms with Crippen molar-refractivity contribution in [1.29, 1.82) is 5.26 Å². The summed E-state index contributed by atoms with van der Waals surface area (Å²) < 4.78 is 12.1. The molecule has 1 saturated carbocycles. The Morgan fingerprint density at radius 3 is 2.49 bits per heavy atom. The highest BCUT2D eigenvalue weighted by Crippen LogP contribution is 2.35. The molecule has 0 unspecified atom stereocenters. The van der Waals surface area contributed by atoms with Crippen molar-refractivity contribution in [3.05, 3.63) is 78.5 Å². The van der Waals surface area contributed by atoms with E-state index in [0.717, 1.165) is 36.8 Å². The van der Waals surface area contributed by atoms with Gasteiger partial charge in [-0.3, -0.25) is 9.89 Å². The van der Waals surface area contributed by atoms with Gasteiger partial charge in [0, 0.05) is 31.4 Å². The van der Waals surface area contributed by atoms with Crippen LogP contribution >= 0.6 is 0 Å². The van der Waals surface area contributed by atoms with Gasteiger partial charge >= 0.3 is 0 Å². The molecule has 2 aliphatic rings. The van der Waals surface area contributed by atoms with Crippen LogP contribution in [0.1, 0.15) is 25.7 Å². The first kappa shape index (κ1) is 24.5. The van der Waals surface area contributed by atoms with Crippen molar-refractivity contribution in [2.24, 2.45) is 5.92 Å². The molecule has 3 heterocycles. The lowest BCUT2D eigenvalue weighted by Gasteiger charge is -2.23. The molecule has 39 heavy (non-hydrogen) atoms. The molecule has 1 aliphatic heterocycles. The van der Waals surface area contributed by atoms with Gasteiger partial charge in [0.25, 0.3) is 5.91 Å². The Labute approximate surface area is 226 Å². The molecule has 0 bridgehead atoms. The molecular formula is C30H28N6O3. The van der Waals surface area contributed by atoms with Crippen molar-refractivity contribution < 1.29 is 14.3 Å². The van der Waals surface area contributed by atoms with Crippen LogP contribution in [0.2, 0.25) is 0 Å². The van der Waals surface area contributed by atoms with Gasteiger partial charge in [0.2, 0.25) is 0 Å². The molecule has 1 amide bonds. The van der Waals surface area contributed by atoms with E-state index in [1.54, 1.807) is 17.2 Å². The van der Waals surface area contributed by atoms with Crippen LogP contribution in [0.4, 0.5) is 5.82 Å². The van der Waals surface area contributed by atoms with Crippen LogP contribution in [-0.4, -0.2) is 45.1 Å². The average molecular weight is 521 g/mol. The lowest BCUT2D eigenvalue weighted by Crippen LogP contribution is -2.32. The Morgan fingerprint density at radius 1 is 1.03 bits per heavy atom. The SMILES string of the molecule is N#C/C(=C/C1CCC1)C(=O)N1CC[C@@H](Nc2n[nH]c3nccc(Oc4ccc(Oc5ccccc5)cc4)c23)C1. The zero-order valence-corrected chi connectivity index (χ0v) is 21.3. The second kappa shape index (κ2) is 10.9. The number of aromatic amines is 1. The molecule has 9 heteroatoms. The zero-order chi connectivity index (χ0) is 26.6. The zero-order valence-electron chi connectivity index (χ0n) is 21.3. The van der Waals surface area contributed by atoms with E-state index in [4.69, 9.17) is 9.47 Å². The van der Waals surface area contributed by atoms with Gasteiger partial charge in [0.15, 0.2) is 11.5 Å². The molecule has 1 aliphatic carbocycles. The van der Waals surface area contributed by atoms with E-state index in [0.29, 0.717) is 47.7 Å². The van der Waals surface area contributed by atoms with E-state index in [1.807, 2.05) is 60.7 Å². The van der Waals surface area contributed by atoms with Crippen LogP contribution in [0.15, 0.2) is 78.5 Å². The predicted molar refractivity (Wildman–Crippen MR) is 147 cm³/mol. The number of nitriles is 1. The Morgan fingerprint density at radius 2 is 1.77 bits per heavy atom. The number of allylic oxidation sites excluding steroid dienone is 1. The Bertz CT molecular complexity index is 1540. The monoisotopic (exact) mass is 520 g/mol. The minimum atomic E-state index is -0.189. The number of hydrogen-bond acceptors (Lipinski definition) is 7. The van der Waals surface area contributed by atoms with E-state index in [-0.39, 0.29) is 17.5 Å². The number of ether oxygens (including phenoxy) is 2. The van der Waals surface area contributed by atoms with E-state index in [1.165, 1.54) is 0 Å². The number of anilines is 1. The molecule has 1 atom stereocenters. The number of nitrogens with zero attached hydrogens (tertiary/aromatic N) is 4. The van der Waals surface area contributed by atoms with Gasteiger partial charge in [-0.25, -0.2) is 4.98 Å². The minimum absolute atomic E-state index is 0.00781. The highest BCUT2D eigenvalue weighted by atomic mass is 16.5. The predicted octanol–water partition coefficient (Wildman–Crippen LogP) is 5.81. The molecule has 6 rings (SSSR count). The topological polar surface area (TPSA) is 116 Å². The molecule has 2 fully saturated rings. The number of likely N-dealkylation sites (tertiary alicyclic amines) is 1. The number of aromatic nitrogens is 3. The van der Waals surface area contributed by atoms with E-state index in [2.05, 4.69) is 26.6 Å². The van der Waals surface area contributed by atoms with Crippen LogP contribution in [0, 0.1) is 17.2 Å². The molecule has 1 saturated heterocycles. The number of H-pyrrole nitrogens is 1. The van der Waals surface area contributed by atoms with Crippen molar-refractivity contribution in [3.8, 4) is 29.1 Å². The Kier molecular flexibility index (Phi) is 6.83. The van der Waals surface area contributed by atoms with Crippen molar-refractivity contribution in [2.45, 2.75) is 31.7 Å². The normalized spacial score (nSPS) is 17.5. The third-order valence-electron chi connectivity index (χ3n) is 7.17. The molecule has 2 N–H and O–H groups in total. The summed E-state index contributed by atoms with van der Waals surface area (Å²) >= 11 is 0. The van der Waals surface area contributed by atoms with E-state index < -0.39 is 0 Å². The Hall–Kier alpha value is -4.84. The highest BCUT2D eigenvalue weighted by molar-refractivity contribution is 5.97. The van der Waals surface area contributed by atoms with Gasteiger partial charge in [0.1, 0.15) is 40.0 Å². The molecule has 0 radical (unpaired) electrons. The maximum Gasteiger partial charge on any atom is 0.264 e. The molecule has 9 nitrogen and oxygen atoms in total. The van der Waals surface area contributed by atoms with Crippen LogP contribution in [0.5, 0.6) is 23.0 Å². The summed E-state index contributed by atoms with van der Waals surface area (Å²) in [5, 5.41) is 21.1. The maximum atomic E-state index is 12.9. The third kappa shape index (κ3) is 5.41. The van der Waals surface area contributed by atoms with Crippen LogP contribution in [0.25, 0.3) is 11.0 Å². The van der Waals surface area contributed by atoms with E-state index >= 15 is 0 Å². The first-order chi connectivity index (χ1) is 19.2. The van der Waals surface area contributed by atoms with E-state index in [9.17, 15) is 10.1 Å². The van der Waals surface area contributed by atoms with Crippen molar-refractivity contribution in [1.82, 2.24) is 20.1 Å². The summed E-state index contributed by atoms with van der Waals surface area (Å²) in [6, 6.07) is 20.9. The first-order valence-corrected chi connectivity index (χ1v) is 13.2. The Balaban J connectivity index is 1.14.